The molecule has 0 radical (unpaired) electrons. The van der Waals surface area contributed by atoms with E-state index >= 15 is 0 Å². The minimum absolute atomic E-state index is 0.130. The van der Waals surface area contributed by atoms with Crippen LogP contribution in [0.3, 0.4) is 0 Å². The van der Waals surface area contributed by atoms with E-state index < -0.39 is 30.2 Å². The fraction of sp³-hybridized carbons (Fsp3) is 0.269. The number of hydrogen-bond acceptors (Lipinski definition) is 8. The molecule has 1 aromatic heterocycles. The summed E-state index contributed by atoms with van der Waals surface area (Å²) in [6.45, 7) is 3.45. The average Bonchev–Trinajstić information content (AvgIpc) is 2.90. The van der Waals surface area contributed by atoms with Crippen LogP contribution in [0.1, 0.15) is 18.2 Å². The van der Waals surface area contributed by atoms with Crippen LogP contribution in [0.2, 0.25) is 5.02 Å². The maximum absolute atomic E-state index is 13.5. The molecule has 11 nitrogen and oxygen atoms in total. The van der Waals surface area contributed by atoms with E-state index in [2.05, 4.69) is 20.6 Å². The van der Waals surface area contributed by atoms with Crippen LogP contribution < -0.4 is 15.4 Å². The monoisotopic (exact) mass is 538 g/mol. The number of anilines is 1. The van der Waals surface area contributed by atoms with Gasteiger partial charge in [-0.25, -0.2) is 19.5 Å². The van der Waals surface area contributed by atoms with E-state index in [1.807, 2.05) is 6.92 Å². The van der Waals surface area contributed by atoms with Gasteiger partial charge in [0.1, 0.15) is 5.75 Å². The minimum atomic E-state index is -0.871. The van der Waals surface area contributed by atoms with E-state index in [1.165, 1.54) is 18.2 Å². The molecular weight excluding hydrogens is 512 g/mol. The molecule has 1 unspecified atom stereocenters. The Morgan fingerprint density at radius 1 is 1.13 bits per heavy atom. The Kier molecular flexibility index (Phi) is 8.27. The number of aromatic nitrogens is 2. The molecule has 0 aliphatic carbocycles. The van der Waals surface area contributed by atoms with Crippen LogP contribution in [0.15, 0.2) is 60.9 Å². The van der Waals surface area contributed by atoms with Crippen molar-refractivity contribution in [2.75, 3.05) is 19.0 Å². The molecule has 2 aromatic carbocycles. The summed E-state index contributed by atoms with van der Waals surface area (Å²) in [5.41, 5.74) is 2.16. The van der Waals surface area contributed by atoms with E-state index in [0.29, 0.717) is 22.3 Å². The lowest BCUT2D eigenvalue weighted by atomic mass is 10.1. The van der Waals surface area contributed by atoms with Crippen LogP contribution in [-0.2, 0) is 16.1 Å². The zero-order chi connectivity index (χ0) is 27.2. The standard InChI is InChI=1S/C26H27ClN6O5/c1-16(23(34)37-3)14-33-25(35)31-24(32(26(33)36)15-18-4-6-19(27)7-5-18)30-20-8-10-21(11-9-20)38-22-13-28-12-17(2)29-22/h4-13,16,24,30H,14-15H2,1-3H3,(H,31,35)/t16-,24?/m0/s1. The lowest BCUT2D eigenvalue weighted by molar-refractivity contribution is -0.145. The van der Waals surface area contributed by atoms with Gasteiger partial charge in [-0.05, 0) is 48.9 Å². The fourth-order valence-corrected chi connectivity index (χ4v) is 3.91. The summed E-state index contributed by atoms with van der Waals surface area (Å²) in [7, 11) is 1.26. The van der Waals surface area contributed by atoms with Crippen molar-refractivity contribution in [3.8, 4) is 11.6 Å². The quantitative estimate of drug-likeness (QED) is 0.384. The van der Waals surface area contributed by atoms with Crippen molar-refractivity contribution in [1.29, 1.82) is 0 Å². The molecule has 3 aromatic rings. The number of nitrogens with zero attached hydrogens (tertiary/aromatic N) is 4. The summed E-state index contributed by atoms with van der Waals surface area (Å²) < 4.78 is 10.5. The molecule has 0 bridgehead atoms. The average molecular weight is 539 g/mol. The van der Waals surface area contributed by atoms with Crippen molar-refractivity contribution in [3.05, 3.63) is 77.2 Å². The third-order valence-electron chi connectivity index (χ3n) is 5.73. The normalized spacial score (nSPS) is 16.1. The Morgan fingerprint density at radius 2 is 1.84 bits per heavy atom. The van der Waals surface area contributed by atoms with Gasteiger partial charge in [-0.1, -0.05) is 30.7 Å². The van der Waals surface area contributed by atoms with Crippen molar-refractivity contribution in [3.63, 3.8) is 0 Å². The molecule has 1 aliphatic rings. The third kappa shape index (κ3) is 6.48. The number of methoxy groups -OCH3 is 1. The predicted molar refractivity (Wildman–Crippen MR) is 140 cm³/mol. The van der Waals surface area contributed by atoms with Gasteiger partial charge >= 0.3 is 18.0 Å². The van der Waals surface area contributed by atoms with Gasteiger partial charge in [0.15, 0.2) is 6.29 Å². The van der Waals surface area contributed by atoms with Crippen LogP contribution in [0.5, 0.6) is 11.6 Å². The van der Waals surface area contributed by atoms with Crippen molar-refractivity contribution in [1.82, 2.24) is 25.1 Å². The number of hydrogen-bond donors (Lipinski definition) is 2. The van der Waals surface area contributed by atoms with E-state index in [4.69, 9.17) is 21.1 Å². The smallest absolute Gasteiger partial charge is 0.331 e. The Labute approximate surface area is 224 Å². The highest BCUT2D eigenvalue weighted by atomic mass is 35.5. The number of imide groups is 1. The van der Waals surface area contributed by atoms with Gasteiger partial charge in [0.05, 0.1) is 31.5 Å². The van der Waals surface area contributed by atoms with Crippen LogP contribution >= 0.6 is 11.6 Å². The van der Waals surface area contributed by atoms with Crippen molar-refractivity contribution in [2.24, 2.45) is 5.92 Å². The maximum atomic E-state index is 13.5. The largest absolute Gasteiger partial charge is 0.469 e. The molecule has 2 atom stereocenters. The van der Waals surface area contributed by atoms with Crippen molar-refractivity contribution < 1.29 is 23.9 Å². The number of halogens is 1. The number of benzene rings is 2. The van der Waals surface area contributed by atoms with Gasteiger partial charge in [0.25, 0.3) is 0 Å². The van der Waals surface area contributed by atoms with E-state index in [-0.39, 0.29) is 13.1 Å². The Bertz CT molecular complexity index is 1300. The summed E-state index contributed by atoms with van der Waals surface area (Å²) in [4.78, 5) is 49.1. The number of urea groups is 2. The van der Waals surface area contributed by atoms with E-state index in [1.54, 1.807) is 61.7 Å². The molecular formula is C26H27ClN6O5. The first-order valence-corrected chi connectivity index (χ1v) is 12.2. The molecule has 1 aliphatic heterocycles. The third-order valence-corrected chi connectivity index (χ3v) is 5.98. The highest BCUT2D eigenvalue weighted by Gasteiger charge is 2.39. The Morgan fingerprint density at radius 3 is 2.50 bits per heavy atom. The molecule has 2 N–H and O–H groups in total. The molecule has 4 rings (SSSR count). The van der Waals surface area contributed by atoms with Crippen molar-refractivity contribution in [2.45, 2.75) is 26.7 Å². The lowest BCUT2D eigenvalue weighted by Crippen LogP contribution is -2.67. The molecule has 1 saturated heterocycles. The number of esters is 1. The van der Waals surface area contributed by atoms with Crippen LogP contribution in [-0.4, -0.2) is 57.7 Å². The lowest BCUT2D eigenvalue weighted by Gasteiger charge is -2.41. The second-order valence-corrected chi connectivity index (χ2v) is 9.13. The molecule has 12 heteroatoms. The predicted octanol–water partition coefficient (Wildman–Crippen LogP) is 4.38. The molecule has 4 amide bonds. The van der Waals surface area contributed by atoms with E-state index in [9.17, 15) is 14.4 Å². The van der Waals surface area contributed by atoms with Crippen LogP contribution in [0, 0.1) is 12.8 Å². The molecule has 1 fully saturated rings. The maximum Gasteiger partial charge on any atom is 0.331 e. The highest BCUT2D eigenvalue weighted by Crippen LogP contribution is 2.24. The first-order chi connectivity index (χ1) is 18.2. The fourth-order valence-electron chi connectivity index (χ4n) is 3.78. The Hall–Kier alpha value is -4.38. The molecule has 38 heavy (non-hydrogen) atoms. The number of carbonyl (C=O) groups excluding carboxylic acids is 3. The van der Waals surface area contributed by atoms with Crippen molar-refractivity contribution >= 4 is 35.3 Å². The second-order valence-electron chi connectivity index (χ2n) is 8.69. The number of amides is 4. The second kappa shape index (κ2) is 11.8. The highest BCUT2D eigenvalue weighted by molar-refractivity contribution is 6.30. The van der Waals surface area contributed by atoms with Gasteiger partial charge < -0.3 is 14.8 Å². The summed E-state index contributed by atoms with van der Waals surface area (Å²) >= 11 is 6.01. The van der Waals surface area contributed by atoms with Gasteiger partial charge in [-0.3, -0.25) is 20.0 Å². The summed E-state index contributed by atoms with van der Waals surface area (Å²) in [5.74, 6) is -0.303. The van der Waals surface area contributed by atoms with Gasteiger partial charge in [0, 0.05) is 23.5 Å². The zero-order valence-corrected chi connectivity index (χ0v) is 21.8. The first-order valence-electron chi connectivity index (χ1n) is 11.8. The number of carbonyl (C=O) groups is 3. The zero-order valence-electron chi connectivity index (χ0n) is 21.1. The first kappa shape index (κ1) is 26.7. The van der Waals surface area contributed by atoms with E-state index in [0.717, 1.165) is 16.2 Å². The summed E-state index contributed by atoms with van der Waals surface area (Å²) in [5, 5.41) is 6.54. The van der Waals surface area contributed by atoms with Gasteiger partial charge in [0.2, 0.25) is 5.88 Å². The summed E-state index contributed by atoms with van der Waals surface area (Å²) in [6.07, 6.45) is 2.28. The van der Waals surface area contributed by atoms with Gasteiger partial charge in [-0.15, -0.1) is 0 Å². The number of rotatable bonds is 9. The van der Waals surface area contributed by atoms with Crippen LogP contribution in [0.25, 0.3) is 0 Å². The Balaban J connectivity index is 1.52. The molecule has 198 valence electrons. The van der Waals surface area contributed by atoms with Crippen LogP contribution in [0.4, 0.5) is 15.3 Å². The number of aryl methyl sites for hydroxylation is 1. The number of nitrogens with one attached hydrogen (secondary N) is 2. The number of ether oxygens (including phenoxy) is 2. The topological polar surface area (TPSA) is 126 Å². The molecule has 0 spiro atoms. The summed E-state index contributed by atoms with van der Waals surface area (Å²) in [6, 6.07) is 12.8. The minimum Gasteiger partial charge on any atom is -0.469 e. The van der Waals surface area contributed by atoms with Gasteiger partial charge in [-0.2, -0.15) is 0 Å². The molecule has 0 saturated carbocycles. The molecule has 2 heterocycles. The SMILES string of the molecule is COC(=O)[C@@H](C)CN1C(=O)NC(Nc2ccc(Oc3cncc(C)n3)cc2)N(Cc2ccc(Cl)cc2)C1=O.